The first-order valence-electron chi connectivity index (χ1n) is 9.47. The van der Waals surface area contributed by atoms with Crippen LogP contribution in [-0.2, 0) is 16.1 Å². The normalized spacial score (nSPS) is 13.7. The number of benzene rings is 1. The summed E-state index contributed by atoms with van der Waals surface area (Å²) >= 11 is 12.1. The maximum absolute atomic E-state index is 11.5. The number of hydrogen-bond acceptors (Lipinski definition) is 7. The van der Waals surface area contributed by atoms with Crippen molar-refractivity contribution >= 4 is 52.8 Å². The molecule has 0 atom stereocenters. The van der Waals surface area contributed by atoms with Crippen molar-refractivity contribution in [3.63, 3.8) is 0 Å². The summed E-state index contributed by atoms with van der Waals surface area (Å²) in [5, 5.41) is 11.9. The van der Waals surface area contributed by atoms with Gasteiger partial charge in [0, 0.05) is 24.7 Å². The molecule has 2 aromatic heterocycles. The second kappa shape index (κ2) is 8.89. The fraction of sp³-hybridized carbons (Fsp3) is 0.300. The van der Waals surface area contributed by atoms with Crippen molar-refractivity contribution in [3.05, 3.63) is 51.6 Å². The standard InChI is InChI=1S/C20H20Cl2N6O2/c1-30-17(29)7-5-14-11-25-28-18(14)26-19(23-9-12-2-3-12)27-20(28)24-10-13-4-6-15(21)16(22)8-13/h4-8,11-12H,2-3,9-10H2,1H3,(H2,23,24,26,27). The largest absolute Gasteiger partial charge is 0.466 e. The summed E-state index contributed by atoms with van der Waals surface area (Å²) in [6.07, 6.45) is 7.02. The Morgan fingerprint density at radius 2 is 2.10 bits per heavy atom. The van der Waals surface area contributed by atoms with Crippen LogP contribution in [0.15, 0.2) is 30.5 Å². The molecular weight excluding hydrogens is 427 g/mol. The second-order valence-electron chi connectivity index (χ2n) is 6.99. The van der Waals surface area contributed by atoms with Crippen LogP contribution in [-0.4, -0.2) is 39.2 Å². The third-order valence-electron chi connectivity index (χ3n) is 4.68. The lowest BCUT2D eigenvalue weighted by molar-refractivity contribution is -0.134. The van der Waals surface area contributed by atoms with Crippen LogP contribution in [0.3, 0.4) is 0 Å². The average Bonchev–Trinajstić information content (AvgIpc) is 3.49. The number of hydrogen-bond donors (Lipinski definition) is 2. The number of carbonyl (C=O) groups is 1. The molecule has 4 rings (SSSR count). The predicted octanol–water partition coefficient (Wildman–Crippen LogP) is 4.05. The van der Waals surface area contributed by atoms with E-state index in [9.17, 15) is 4.79 Å². The summed E-state index contributed by atoms with van der Waals surface area (Å²) < 4.78 is 6.25. The average molecular weight is 447 g/mol. The van der Waals surface area contributed by atoms with Crippen LogP contribution in [0, 0.1) is 5.92 Å². The highest BCUT2D eigenvalue weighted by atomic mass is 35.5. The van der Waals surface area contributed by atoms with E-state index < -0.39 is 5.97 Å². The minimum Gasteiger partial charge on any atom is -0.466 e. The molecule has 156 valence electrons. The van der Waals surface area contributed by atoms with Crippen molar-refractivity contribution < 1.29 is 9.53 Å². The van der Waals surface area contributed by atoms with Crippen molar-refractivity contribution in [2.24, 2.45) is 5.92 Å². The minimum atomic E-state index is -0.451. The number of aromatic nitrogens is 4. The monoisotopic (exact) mass is 446 g/mol. The van der Waals surface area contributed by atoms with Crippen molar-refractivity contribution in [2.45, 2.75) is 19.4 Å². The van der Waals surface area contributed by atoms with E-state index in [0.29, 0.717) is 45.6 Å². The van der Waals surface area contributed by atoms with Crippen LogP contribution < -0.4 is 10.6 Å². The first kappa shape index (κ1) is 20.4. The number of halogens is 2. The van der Waals surface area contributed by atoms with Crippen LogP contribution in [0.4, 0.5) is 11.9 Å². The third kappa shape index (κ3) is 4.83. The molecule has 1 aliphatic rings. The second-order valence-corrected chi connectivity index (χ2v) is 7.80. The van der Waals surface area contributed by atoms with Crippen LogP contribution in [0.1, 0.15) is 24.0 Å². The van der Waals surface area contributed by atoms with E-state index >= 15 is 0 Å². The number of rotatable bonds is 8. The van der Waals surface area contributed by atoms with Gasteiger partial charge < -0.3 is 15.4 Å². The number of nitrogens with zero attached hydrogens (tertiary/aromatic N) is 4. The Labute approximate surface area is 183 Å². The number of nitrogens with one attached hydrogen (secondary N) is 2. The third-order valence-corrected chi connectivity index (χ3v) is 5.41. The molecule has 0 amide bonds. The number of methoxy groups -OCH3 is 1. The lowest BCUT2D eigenvalue weighted by Crippen LogP contribution is -2.13. The Bertz CT molecular complexity index is 1110. The predicted molar refractivity (Wildman–Crippen MR) is 117 cm³/mol. The molecule has 0 spiro atoms. The van der Waals surface area contributed by atoms with Crippen LogP contribution in [0.2, 0.25) is 10.0 Å². The maximum atomic E-state index is 11.5. The van der Waals surface area contributed by atoms with Crippen molar-refractivity contribution in [3.8, 4) is 0 Å². The molecule has 10 heteroatoms. The van der Waals surface area contributed by atoms with Crippen molar-refractivity contribution in [1.29, 1.82) is 0 Å². The summed E-state index contributed by atoms with van der Waals surface area (Å²) in [5.41, 5.74) is 2.19. The molecule has 1 fully saturated rings. The van der Waals surface area contributed by atoms with E-state index in [1.54, 1.807) is 28.9 Å². The molecule has 1 saturated carbocycles. The molecule has 8 nitrogen and oxygen atoms in total. The highest BCUT2D eigenvalue weighted by molar-refractivity contribution is 6.42. The molecular formula is C20H20Cl2N6O2. The zero-order chi connectivity index (χ0) is 21.1. The van der Waals surface area contributed by atoms with E-state index in [-0.39, 0.29) is 0 Å². The number of ether oxygens (including phenoxy) is 1. The molecule has 0 saturated heterocycles. The van der Waals surface area contributed by atoms with Gasteiger partial charge in [-0.2, -0.15) is 19.6 Å². The molecule has 3 aromatic rings. The molecule has 1 aliphatic carbocycles. The fourth-order valence-corrected chi connectivity index (χ4v) is 3.14. The molecule has 0 aliphatic heterocycles. The van der Waals surface area contributed by atoms with Crippen LogP contribution in [0.25, 0.3) is 11.7 Å². The molecule has 0 bridgehead atoms. The highest BCUT2D eigenvalue weighted by Crippen LogP contribution is 2.29. The van der Waals surface area contributed by atoms with Gasteiger partial charge in [-0.05, 0) is 42.5 Å². The highest BCUT2D eigenvalue weighted by Gasteiger charge is 2.21. The van der Waals surface area contributed by atoms with Gasteiger partial charge in [-0.25, -0.2) is 4.79 Å². The van der Waals surface area contributed by atoms with Gasteiger partial charge >= 0.3 is 5.97 Å². The Balaban J connectivity index is 1.63. The van der Waals surface area contributed by atoms with Gasteiger partial charge in [0.2, 0.25) is 11.9 Å². The topological polar surface area (TPSA) is 93.4 Å². The van der Waals surface area contributed by atoms with Crippen molar-refractivity contribution in [2.75, 3.05) is 24.3 Å². The van der Waals surface area contributed by atoms with E-state index in [2.05, 4.69) is 30.4 Å². The molecule has 30 heavy (non-hydrogen) atoms. The minimum absolute atomic E-state index is 0.451. The Morgan fingerprint density at radius 3 is 2.83 bits per heavy atom. The van der Waals surface area contributed by atoms with E-state index in [1.165, 1.54) is 26.0 Å². The quantitative estimate of drug-likeness (QED) is 0.398. The van der Waals surface area contributed by atoms with Gasteiger partial charge in [-0.15, -0.1) is 0 Å². The Morgan fingerprint density at radius 1 is 1.27 bits per heavy atom. The number of esters is 1. The maximum Gasteiger partial charge on any atom is 0.330 e. The summed E-state index contributed by atoms with van der Waals surface area (Å²) in [6.45, 7) is 1.29. The van der Waals surface area contributed by atoms with E-state index in [4.69, 9.17) is 23.2 Å². The lowest BCUT2D eigenvalue weighted by Gasteiger charge is -2.11. The molecule has 0 unspecified atom stereocenters. The van der Waals surface area contributed by atoms with Gasteiger partial charge in [-0.1, -0.05) is 29.3 Å². The summed E-state index contributed by atoms with van der Waals surface area (Å²) in [6, 6.07) is 5.44. The van der Waals surface area contributed by atoms with Gasteiger partial charge in [0.15, 0.2) is 5.65 Å². The van der Waals surface area contributed by atoms with E-state index in [0.717, 1.165) is 12.1 Å². The first-order valence-corrected chi connectivity index (χ1v) is 10.2. The smallest absolute Gasteiger partial charge is 0.330 e. The molecule has 2 heterocycles. The first-order chi connectivity index (χ1) is 14.5. The molecule has 1 aromatic carbocycles. The van der Waals surface area contributed by atoms with Gasteiger partial charge in [-0.3, -0.25) is 0 Å². The number of fused-ring (bicyclic) bond motifs is 1. The zero-order valence-corrected chi connectivity index (χ0v) is 17.7. The van der Waals surface area contributed by atoms with Crippen LogP contribution in [0.5, 0.6) is 0 Å². The Hall–Kier alpha value is -2.84. The van der Waals surface area contributed by atoms with Crippen LogP contribution >= 0.6 is 23.2 Å². The fourth-order valence-electron chi connectivity index (χ4n) is 2.82. The van der Waals surface area contributed by atoms with Gasteiger partial charge in [0.25, 0.3) is 0 Å². The van der Waals surface area contributed by atoms with Crippen molar-refractivity contribution in [1.82, 2.24) is 19.6 Å². The zero-order valence-electron chi connectivity index (χ0n) is 16.2. The number of carbonyl (C=O) groups excluding carboxylic acids is 1. The summed E-state index contributed by atoms with van der Waals surface area (Å²) in [4.78, 5) is 20.6. The summed E-state index contributed by atoms with van der Waals surface area (Å²) in [7, 11) is 1.33. The lowest BCUT2D eigenvalue weighted by atomic mass is 10.2. The van der Waals surface area contributed by atoms with Gasteiger partial charge in [0.1, 0.15) is 0 Å². The summed E-state index contributed by atoms with van der Waals surface area (Å²) in [5.74, 6) is 1.23. The molecule has 2 N–H and O–H groups in total. The molecule has 0 radical (unpaired) electrons. The van der Waals surface area contributed by atoms with Gasteiger partial charge in [0.05, 0.1) is 23.4 Å². The Kier molecular flexibility index (Phi) is 6.06. The number of anilines is 2. The van der Waals surface area contributed by atoms with E-state index in [1.807, 2.05) is 6.07 Å². The SMILES string of the molecule is COC(=O)C=Cc1cnn2c(NCc3ccc(Cl)c(Cl)c3)nc(NCC3CC3)nc12.